The van der Waals surface area contributed by atoms with E-state index in [2.05, 4.69) is 21.2 Å². The highest BCUT2D eigenvalue weighted by Gasteiger charge is 2.08. The molecule has 2 rings (SSSR count). The van der Waals surface area contributed by atoms with E-state index in [1.807, 2.05) is 37.3 Å². The zero-order valence-corrected chi connectivity index (χ0v) is 15.9. The van der Waals surface area contributed by atoms with E-state index in [0.717, 1.165) is 21.3 Å². The molecule has 0 saturated heterocycles. The van der Waals surface area contributed by atoms with Crippen molar-refractivity contribution in [1.29, 1.82) is 0 Å². The molecule has 6 heteroatoms. The second-order valence-electron chi connectivity index (χ2n) is 5.19. The topological polar surface area (TPSA) is 55.4 Å². The van der Waals surface area contributed by atoms with Crippen LogP contribution in [0.25, 0.3) is 0 Å². The minimum Gasteiger partial charge on any atom is -0.465 e. The van der Waals surface area contributed by atoms with Gasteiger partial charge in [0.15, 0.2) is 0 Å². The Morgan fingerprint density at radius 2 is 2.00 bits per heavy atom. The van der Waals surface area contributed by atoms with E-state index in [0.29, 0.717) is 17.1 Å². The molecule has 126 valence electrons. The predicted octanol–water partition coefficient (Wildman–Crippen LogP) is 4.42. The Morgan fingerprint density at radius 3 is 2.71 bits per heavy atom. The number of esters is 1. The maximum atomic E-state index is 12.0. The second-order valence-corrected chi connectivity index (χ2v) is 7.09. The second kappa shape index (κ2) is 8.89. The van der Waals surface area contributed by atoms with Gasteiger partial charge in [0.25, 0.3) is 0 Å². The first-order chi connectivity index (χ1) is 11.5. The molecule has 24 heavy (non-hydrogen) atoms. The van der Waals surface area contributed by atoms with Gasteiger partial charge in [-0.3, -0.25) is 4.79 Å². The van der Waals surface area contributed by atoms with E-state index in [1.54, 1.807) is 12.1 Å². The van der Waals surface area contributed by atoms with E-state index < -0.39 is 0 Å². The molecule has 1 N–H and O–H groups in total. The van der Waals surface area contributed by atoms with E-state index in [4.69, 9.17) is 4.74 Å². The van der Waals surface area contributed by atoms with Crippen molar-refractivity contribution in [3.63, 3.8) is 0 Å². The summed E-state index contributed by atoms with van der Waals surface area (Å²) in [7, 11) is 1.36. The number of carbonyl (C=O) groups excluding carboxylic acids is 2. The lowest BCUT2D eigenvalue weighted by Crippen LogP contribution is -2.15. The zero-order chi connectivity index (χ0) is 17.5. The van der Waals surface area contributed by atoms with Crippen LogP contribution in [0, 0.1) is 6.92 Å². The molecule has 0 heterocycles. The van der Waals surface area contributed by atoms with E-state index >= 15 is 0 Å². The fraction of sp³-hybridized carbons (Fsp3) is 0.222. The highest BCUT2D eigenvalue weighted by atomic mass is 79.9. The van der Waals surface area contributed by atoms with Crippen LogP contribution in [-0.2, 0) is 15.3 Å². The third-order valence-electron chi connectivity index (χ3n) is 3.31. The Kier molecular flexibility index (Phi) is 6.87. The molecule has 0 aliphatic carbocycles. The van der Waals surface area contributed by atoms with Crippen LogP contribution in [0.5, 0.6) is 0 Å². The number of nitrogens with one attached hydrogen (secondary N) is 1. The molecular weight excluding hydrogens is 390 g/mol. The van der Waals surface area contributed by atoms with Gasteiger partial charge in [-0.05, 0) is 48.4 Å². The summed E-state index contributed by atoms with van der Waals surface area (Å²) in [6, 6.07) is 13.0. The summed E-state index contributed by atoms with van der Waals surface area (Å²) in [6.45, 7) is 1.95. The first-order valence-corrected chi connectivity index (χ1v) is 9.25. The van der Waals surface area contributed by atoms with Crippen molar-refractivity contribution in [1.82, 2.24) is 0 Å². The zero-order valence-electron chi connectivity index (χ0n) is 13.5. The van der Waals surface area contributed by atoms with Crippen molar-refractivity contribution in [2.45, 2.75) is 12.7 Å². The minimum absolute atomic E-state index is 0.0467. The smallest absolute Gasteiger partial charge is 0.337 e. The Hall–Kier alpha value is -1.79. The van der Waals surface area contributed by atoms with Crippen molar-refractivity contribution in [3.8, 4) is 0 Å². The Morgan fingerprint density at radius 1 is 1.21 bits per heavy atom. The molecule has 2 aromatic rings. The van der Waals surface area contributed by atoms with Crippen molar-refractivity contribution < 1.29 is 14.3 Å². The van der Waals surface area contributed by atoms with Crippen molar-refractivity contribution >= 4 is 45.3 Å². The monoisotopic (exact) mass is 407 g/mol. The van der Waals surface area contributed by atoms with Crippen LogP contribution >= 0.6 is 27.7 Å². The molecule has 4 nitrogen and oxygen atoms in total. The van der Waals surface area contributed by atoms with Gasteiger partial charge in [0.1, 0.15) is 0 Å². The van der Waals surface area contributed by atoms with Gasteiger partial charge >= 0.3 is 5.97 Å². The molecule has 2 aromatic carbocycles. The molecule has 0 aliphatic rings. The number of amides is 1. The summed E-state index contributed by atoms with van der Waals surface area (Å²) in [6.07, 6.45) is 0. The van der Waals surface area contributed by atoms with Crippen molar-refractivity contribution in [2.24, 2.45) is 0 Å². The lowest BCUT2D eigenvalue weighted by molar-refractivity contribution is -0.113. The fourth-order valence-corrected chi connectivity index (χ4v) is 3.37. The Bertz CT molecular complexity index is 749. The SMILES string of the molecule is COC(=O)c1cccc(CSCC(=O)Nc2ccc(Br)cc2C)c1. The summed E-state index contributed by atoms with van der Waals surface area (Å²) in [5.74, 6) is 0.593. The Labute approximate surface area is 154 Å². The molecule has 0 radical (unpaired) electrons. The number of hydrogen-bond donors (Lipinski definition) is 1. The number of carbonyl (C=O) groups is 2. The highest BCUT2D eigenvalue weighted by Crippen LogP contribution is 2.21. The van der Waals surface area contributed by atoms with Gasteiger partial charge in [0, 0.05) is 15.9 Å². The number of ether oxygens (including phenoxy) is 1. The van der Waals surface area contributed by atoms with Crippen LogP contribution in [0.4, 0.5) is 5.69 Å². The normalized spacial score (nSPS) is 10.3. The largest absolute Gasteiger partial charge is 0.465 e. The van der Waals surface area contributed by atoms with Crippen LogP contribution < -0.4 is 5.32 Å². The summed E-state index contributed by atoms with van der Waals surface area (Å²) in [5.41, 5.74) is 3.33. The van der Waals surface area contributed by atoms with E-state index in [-0.39, 0.29) is 11.9 Å². The molecule has 0 aromatic heterocycles. The summed E-state index contributed by atoms with van der Waals surface area (Å²) < 4.78 is 5.69. The fourth-order valence-electron chi connectivity index (χ4n) is 2.12. The van der Waals surface area contributed by atoms with Crippen LogP contribution in [-0.4, -0.2) is 24.7 Å². The molecule has 0 bridgehead atoms. The average molecular weight is 408 g/mol. The Balaban J connectivity index is 1.85. The number of rotatable bonds is 6. The maximum Gasteiger partial charge on any atom is 0.337 e. The molecule has 0 unspecified atom stereocenters. The van der Waals surface area contributed by atoms with Crippen molar-refractivity contribution in [3.05, 3.63) is 63.6 Å². The van der Waals surface area contributed by atoms with Gasteiger partial charge < -0.3 is 10.1 Å². The molecule has 0 aliphatic heterocycles. The third-order valence-corrected chi connectivity index (χ3v) is 4.81. The number of hydrogen-bond acceptors (Lipinski definition) is 4. The summed E-state index contributed by atoms with van der Waals surface area (Å²) in [4.78, 5) is 23.6. The number of benzene rings is 2. The molecule has 0 fully saturated rings. The first-order valence-electron chi connectivity index (χ1n) is 7.30. The van der Waals surface area contributed by atoms with Crippen LogP contribution in [0.3, 0.4) is 0 Å². The van der Waals surface area contributed by atoms with Crippen LogP contribution in [0.2, 0.25) is 0 Å². The van der Waals surface area contributed by atoms with Crippen LogP contribution in [0.1, 0.15) is 21.5 Å². The average Bonchev–Trinajstić information content (AvgIpc) is 2.57. The molecule has 0 spiro atoms. The molecular formula is C18H18BrNO3S. The minimum atomic E-state index is -0.356. The number of anilines is 1. The highest BCUT2D eigenvalue weighted by molar-refractivity contribution is 9.10. The van der Waals surface area contributed by atoms with Gasteiger partial charge in [-0.2, -0.15) is 0 Å². The first kappa shape index (κ1) is 18.5. The summed E-state index contributed by atoms with van der Waals surface area (Å²) >= 11 is 4.90. The molecule has 0 atom stereocenters. The third kappa shape index (κ3) is 5.39. The lowest BCUT2D eigenvalue weighted by Gasteiger charge is -2.09. The van der Waals surface area contributed by atoms with Crippen LogP contribution in [0.15, 0.2) is 46.9 Å². The van der Waals surface area contributed by atoms with Gasteiger partial charge in [-0.15, -0.1) is 11.8 Å². The van der Waals surface area contributed by atoms with E-state index in [9.17, 15) is 9.59 Å². The van der Waals surface area contributed by atoms with Gasteiger partial charge in [0.2, 0.25) is 5.91 Å². The number of halogens is 1. The van der Waals surface area contributed by atoms with Gasteiger partial charge in [0.05, 0.1) is 18.4 Å². The lowest BCUT2D eigenvalue weighted by atomic mass is 10.1. The van der Waals surface area contributed by atoms with Gasteiger partial charge in [-0.1, -0.05) is 28.1 Å². The number of thioether (sulfide) groups is 1. The number of methoxy groups -OCH3 is 1. The standard InChI is InChI=1S/C18H18BrNO3S/c1-12-8-15(19)6-7-16(12)20-17(21)11-24-10-13-4-3-5-14(9-13)18(22)23-2/h3-9H,10-11H2,1-2H3,(H,20,21). The van der Waals surface area contributed by atoms with Gasteiger partial charge in [-0.25, -0.2) is 4.79 Å². The molecule has 1 amide bonds. The van der Waals surface area contributed by atoms with Crippen molar-refractivity contribution in [2.75, 3.05) is 18.2 Å². The molecule has 0 saturated carbocycles. The van der Waals surface area contributed by atoms with E-state index in [1.165, 1.54) is 18.9 Å². The predicted molar refractivity (Wildman–Crippen MR) is 101 cm³/mol. The summed E-state index contributed by atoms with van der Waals surface area (Å²) in [5, 5.41) is 2.91. The number of aryl methyl sites for hydroxylation is 1. The maximum absolute atomic E-state index is 12.0. The quantitative estimate of drug-likeness (QED) is 0.720.